The minimum absolute atomic E-state index is 0.166. The van der Waals surface area contributed by atoms with Crippen molar-refractivity contribution in [2.45, 2.75) is 26.4 Å². The van der Waals surface area contributed by atoms with Crippen LogP contribution in [0.25, 0.3) is 5.69 Å². The van der Waals surface area contributed by atoms with Crippen LogP contribution in [0.2, 0.25) is 5.02 Å². The molecule has 0 bridgehead atoms. The zero-order valence-electron chi connectivity index (χ0n) is 18.8. The third kappa shape index (κ3) is 4.95. The number of fused-ring (bicyclic) bond motifs is 1. The lowest BCUT2D eigenvalue weighted by Crippen LogP contribution is -2.47. The van der Waals surface area contributed by atoms with E-state index in [-0.39, 0.29) is 30.9 Å². The Morgan fingerprint density at radius 2 is 1.97 bits per heavy atom. The van der Waals surface area contributed by atoms with E-state index >= 15 is 0 Å². The van der Waals surface area contributed by atoms with Gasteiger partial charge in [0.2, 0.25) is 5.91 Å². The number of hydrogen-bond donors (Lipinski definition) is 1. The predicted molar refractivity (Wildman–Crippen MR) is 126 cm³/mol. The molecule has 1 atom stereocenters. The van der Waals surface area contributed by atoms with E-state index in [0.717, 1.165) is 16.9 Å². The van der Waals surface area contributed by atoms with Crippen LogP contribution >= 0.6 is 11.6 Å². The van der Waals surface area contributed by atoms with E-state index in [2.05, 4.69) is 15.4 Å². The van der Waals surface area contributed by atoms with Gasteiger partial charge in [-0.1, -0.05) is 29.8 Å². The molecule has 3 aromatic rings. The molecule has 2 heterocycles. The first kappa shape index (κ1) is 23.5. The van der Waals surface area contributed by atoms with Crippen molar-refractivity contribution in [1.82, 2.24) is 20.2 Å². The average molecular weight is 482 g/mol. The number of aromatic nitrogens is 2. The fourth-order valence-electron chi connectivity index (χ4n) is 3.92. The number of amides is 2. The van der Waals surface area contributed by atoms with Crippen LogP contribution in [0.5, 0.6) is 0 Å². The van der Waals surface area contributed by atoms with Crippen LogP contribution in [0.4, 0.5) is 5.69 Å². The topological polar surface area (TPSA) is 96.8 Å². The van der Waals surface area contributed by atoms with Gasteiger partial charge in [-0.2, -0.15) is 5.10 Å². The summed E-state index contributed by atoms with van der Waals surface area (Å²) >= 11 is 6.52. The maximum absolute atomic E-state index is 13.6. The van der Waals surface area contributed by atoms with E-state index < -0.39 is 5.97 Å². The fraction of sp³-hybridized carbons (Fsp3) is 0.250. The van der Waals surface area contributed by atoms with Gasteiger partial charge >= 0.3 is 5.97 Å². The molecule has 1 aliphatic rings. The zero-order valence-corrected chi connectivity index (χ0v) is 19.5. The Morgan fingerprint density at radius 1 is 1.18 bits per heavy atom. The Kier molecular flexibility index (Phi) is 6.95. The summed E-state index contributed by atoms with van der Waals surface area (Å²) in [6.45, 7) is 3.54. The molecule has 0 saturated carbocycles. The molecule has 4 rings (SSSR count). The number of nitrogens with zero attached hydrogens (tertiary/aromatic N) is 4. The smallest absolute Gasteiger partial charge is 0.321 e. The molecule has 0 radical (unpaired) electrons. The molecule has 1 N–H and O–H groups in total. The van der Waals surface area contributed by atoms with Crippen molar-refractivity contribution in [3.63, 3.8) is 0 Å². The highest BCUT2D eigenvalue weighted by Crippen LogP contribution is 2.30. The molecule has 9 nitrogen and oxygen atoms in total. The highest BCUT2D eigenvalue weighted by molar-refractivity contribution is 6.34. The lowest BCUT2D eigenvalue weighted by molar-refractivity contribution is -0.150. The lowest BCUT2D eigenvalue weighted by Gasteiger charge is -2.29. The van der Waals surface area contributed by atoms with Gasteiger partial charge in [-0.05, 0) is 42.8 Å². The average Bonchev–Trinajstić information content (AvgIpc) is 3.30. The largest absolute Gasteiger partial charge is 0.371 e. The fourth-order valence-corrected chi connectivity index (χ4v) is 4.18. The summed E-state index contributed by atoms with van der Waals surface area (Å²) in [5.74, 6) is -1.04. The number of nitrogens with one attached hydrogen (secondary N) is 1. The second kappa shape index (κ2) is 10.1. The molecule has 1 aromatic heterocycles. The van der Waals surface area contributed by atoms with Crippen molar-refractivity contribution in [3.05, 3.63) is 77.1 Å². The van der Waals surface area contributed by atoms with Gasteiger partial charge in [0.1, 0.15) is 6.54 Å². The van der Waals surface area contributed by atoms with Gasteiger partial charge in [-0.25, -0.2) is 4.68 Å². The maximum Gasteiger partial charge on any atom is 0.321 e. The quantitative estimate of drug-likeness (QED) is 0.563. The second-order valence-corrected chi connectivity index (χ2v) is 8.35. The number of benzene rings is 2. The van der Waals surface area contributed by atoms with Crippen LogP contribution in [-0.4, -0.2) is 51.6 Å². The van der Waals surface area contributed by atoms with Crippen molar-refractivity contribution in [3.8, 4) is 5.69 Å². The number of para-hydroxylation sites is 1. The first-order valence-electron chi connectivity index (χ1n) is 10.7. The number of carbonyl (C=O) groups is 3. The van der Waals surface area contributed by atoms with Gasteiger partial charge in [0.15, 0.2) is 0 Å². The molecule has 1 aliphatic heterocycles. The molecule has 0 fully saturated rings. The van der Waals surface area contributed by atoms with Crippen molar-refractivity contribution in [2.24, 2.45) is 0 Å². The first-order chi connectivity index (χ1) is 16.3. The van der Waals surface area contributed by atoms with Crippen LogP contribution in [0.1, 0.15) is 29.8 Å². The van der Waals surface area contributed by atoms with Gasteiger partial charge in [0.25, 0.3) is 5.91 Å². The third-order valence-electron chi connectivity index (χ3n) is 5.56. The number of hydroxylamine groups is 1. The third-order valence-corrected chi connectivity index (χ3v) is 5.87. The van der Waals surface area contributed by atoms with Gasteiger partial charge in [0, 0.05) is 44.1 Å². The molecule has 34 heavy (non-hydrogen) atoms. The zero-order chi connectivity index (χ0) is 24.2. The van der Waals surface area contributed by atoms with Crippen molar-refractivity contribution >= 4 is 35.1 Å². The van der Waals surface area contributed by atoms with Gasteiger partial charge in [-0.15, -0.1) is 5.48 Å². The van der Waals surface area contributed by atoms with Gasteiger partial charge in [-0.3, -0.25) is 14.4 Å². The van der Waals surface area contributed by atoms with Crippen LogP contribution in [0.15, 0.2) is 60.9 Å². The molecule has 0 spiro atoms. The minimum Gasteiger partial charge on any atom is -0.371 e. The van der Waals surface area contributed by atoms with E-state index in [0.29, 0.717) is 17.1 Å². The van der Waals surface area contributed by atoms with Crippen molar-refractivity contribution < 1.29 is 19.2 Å². The standard InChI is InChI=1S/C24H24ClN5O4/c1-16-14-29(24(33)20-9-8-19(12-21(20)25)30-11-5-10-26-30)22-7-4-3-6-18(22)15-28(16)23(32)13-27-34-17(2)31/h3-12,16,27H,13-15H2,1-2H3/t16-/m1/s1. The molecule has 2 aromatic carbocycles. The molecule has 0 saturated heterocycles. The maximum atomic E-state index is 13.6. The number of carbonyl (C=O) groups excluding carboxylic acids is 3. The number of halogens is 1. The Morgan fingerprint density at radius 3 is 2.68 bits per heavy atom. The Balaban J connectivity index is 1.61. The van der Waals surface area contributed by atoms with E-state index in [1.54, 1.807) is 51.1 Å². The Bertz CT molecular complexity index is 1210. The van der Waals surface area contributed by atoms with Crippen LogP contribution < -0.4 is 10.4 Å². The second-order valence-electron chi connectivity index (χ2n) is 7.94. The van der Waals surface area contributed by atoms with Gasteiger partial charge < -0.3 is 14.6 Å². The normalized spacial score (nSPS) is 15.4. The first-order valence-corrected chi connectivity index (χ1v) is 11.1. The number of rotatable bonds is 5. The number of anilines is 1. The lowest BCUT2D eigenvalue weighted by atomic mass is 10.1. The molecular weight excluding hydrogens is 458 g/mol. The summed E-state index contributed by atoms with van der Waals surface area (Å²) < 4.78 is 1.66. The summed E-state index contributed by atoms with van der Waals surface area (Å²) in [6, 6.07) is 14.1. The SMILES string of the molecule is CC(=O)ONCC(=O)N1Cc2ccccc2N(C(=O)c2ccc(-n3cccn3)cc2Cl)C[C@H]1C. The van der Waals surface area contributed by atoms with E-state index in [9.17, 15) is 14.4 Å². The molecule has 2 amide bonds. The van der Waals surface area contributed by atoms with Crippen LogP contribution in [0.3, 0.4) is 0 Å². The Hall–Kier alpha value is -3.69. The molecule has 0 unspecified atom stereocenters. The van der Waals surface area contributed by atoms with Crippen molar-refractivity contribution in [1.29, 1.82) is 0 Å². The van der Waals surface area contributed by atoms with E-state index in [4.69, 9.17) is 11.6 Å². The summed E-state index contributed by atoms with van der Waals surface area (Å²) in [4.78, 5) is 45.5. The number of hydrogen-bond acceptors (Lipinski definition) is 6. The summed E-state index contributed by atoms with van der Waals surface area (Å²) in [7, 11) is 0. The monoisotopic (exact) mass is 481 g/mol. The predicted octanol–water partition coefficient (Wildman–Crippen LogP) is 2.97. The minimum atomic E-state index is -0.533. The molecular formula is C24H24ClN5O4. The molecule has 0 aliphatic carbocycles. The summed E-state index contributed by atoms with van der Waals surface area (Å²) in [5.41, 5.74) is 5.03. The highest BCUT2D eigenvalue weighted by atomic mass is 35.5. The Labute approximate surface area is 201 Å². The summed E-state index contributed by atoms with van der Waals surface area (Å²) in [6.07, 6.45) is 3.46. The molecule has 176 valence electrons. The summed E-state index contributed by atoms with van der Waals surface area (Å²) in [5, 5.41) is 4.50. The van der Waals surface area contributed by atoms with Crippen LogP contribution in [-0.2, 0) is 21.0 Å². The van der Waals surface area contributed by atoms with E-state index in [1.807, 2.05) is 31.2 Å². The van der Waals surface area contributed by atoms with E-state index in [1.165, 1.54) is 6.92 Å². The van der Waals surface area contributed by atoms with Crippen molar-refractivity contribution in [2.75, 3.05) is 18.0 Å². The molecule has 10 heteroatoms. The van der Waals surface area contributed by atoms with Gasteiger partial charge in [0.05, 0.1) is 16.3 Å². The highest BCUT2D eigenvalue weighted by Gasteiger charge is 2.32. The van der Waals surface area contributed by atoms with Crippen LogP contribution in [0, 0.1) is 0 Å².